The molecule has 1 aromatic carbocycles. The van der Waals surface area contributed by atoms with E-state index in [9.17, 15) is 4.79 Å². The molecule has 18 heavy (non-hydrogen) atoms. The molecule has 0 aromatic heterocycles. The molecule has 0 N–H and O–H groups in total. The fourth-order valence-electron chi connectivity index (χ4n) is 1.46. The number of allylic oxidation sites excluding steroid dienone is 1. The first-order valence-electron chi connectivity index (χ1n) is 5.07. The Morgan fingerprint density at radius 2 is 1.72 bits per heavy atom. The Morgan fingerprint density at radius 3 is 2.06 bits per heavy atom. The number of benzene rings is 1. The maximum absolute atomic E-state index is 10.6. The molecule has 0 unspecified atom stereocenters. The van der Waals surface area contributed by atoms with Crippen molar-refractivity contribution in [3.63, 3.8) is 0 Å². The average Bonchev–Trinajstić information content (AvgIpc) is 2.43. The van der Waals surface area contributed by atoms with Crippen LogP contribution in [0.25, 0.3) is 6.08 Å². The second-order valence-corrected chi connectivity index (χ2v) is 3.29. The largest absolute Gasteiger partial charge is 0.493 e. The van der Waals surface area contributed by atoms with E-state index < -0.39 is 0 Å². The highest BCUT2D eigenvalue weighted by atomic mass is 16.5. The zero-order valence-electron chi connectivity index (χ0n) is 10.4. The molecule has 0 spiro atoms. The van der Waals surface area contributed by atoms with E-state index in [0.29, 0.717) is 29.1 Å². The third-order valence-electron chi connectivity index (χ3n) is 2.27. The molecule has 0 radical (unpaired) electrons. The van der Waals surface area contributed by atoms with Crippen LogP contribution >= 0.6 is 0 Å². The smallest absolute Gasteiger partial charge is 0.203 e. The molecule has 0 amide bonds. The zero-order chi connectivity index (χ0) is 13.5. The first-order chi connectivity index (χ1) is 8.69. The SMILES string of the molecule is COc1cc(/C=C(\C#N)C=O)cc(OC)c1OC. The van der Waals surface area contributed by atoms with Gasteiger partial charge in [0.1, 0.15) is 6.07 Å². The molecule has 0 saturated carbocycles. The summed E-state index contributed by atoms with van der Waals surface area (Å²) in [6, 6.07) is 5.09. The Labute approximate surface area is 105 Å². The van der Waals surface area contributed by atoms with E-state index in [-0.39, 0.29) is 5.57 Å². The molecule has 0 aliphatic heterocycles. The van der Waals surface area contributed by atoms with Crippen LogP contribution in [0, 0.1) is 11.3 Å². The first kappa shape index (κ1) is 13.6. The van der Waals surface area contributed by atoms with Gasteiger partial charge in [-0.3, -0.25) is 4.79 Å². The summed E-state index contributed by atoms with van der Waals surface area (Å²) in [4.78, 5) is 10.6. The number of carbonyl (C=O) groups is 1. The van der Waals surface area contributed by atoms with Crippen LogP contribution in [-0.2, 0) is 4.79 Å². The topological polar surface area (TPSA) is 68.5 Å². The highest BCUT2D eigenvalue weighted by Gasteiger charge is 2.12. The number of methoxy groups -OCH3 is 3. The van der Waals surface area contributed by atoms with Crippen LogP contribution in [-0.4, -0.2) is 27.6 Å². The molecular formula is C13H13NO4. The fourth-order valence-corrected chi connectivity index (χ4v) is 1.46. The Bertz CT molecular complexity index is 489. The van der Waals surface area contributed by atoms with Crippen LogP contribution in [0.5, 0.6) is 17.2 Å². The summed E-state index contributed by atoms with van der Waals surface area (Å²) in [6.45, 7) is 0. The second kappa shape index (κ2) is 6.30. The number of rotatable bonds is 5. The Kier molecular flexibility index (Phi) is 4.76. The molecule has 94 valence electrons. The molecule has 0 atom stereocenters. The van der Waals surface area contributed by atoms with Crippen molar-refractivity contribution in [2.45, 2.75) is 0 Å². The third-order valence-corrected chi connectivity index (χ3v) is 2.27. The van der Waals surface area contributed by atoms with Gasteiger partial charge in [0.25, 0.3) is 0 Å². The predicted octanol–water partition coefficient (Wildman–Crippen LogP) is 1.82. The van der Waals surface area contributed by atoms with E-state index in [2.05, 4.69) is 0 Å². The number of hydrogen-bond donors (Lipinski definition) is 0. The van der Waals surface area contributed by atoms with Gasteiger partial charge in [-0.05, 0) is 23.8 Å². The maximum atomic E-state index is 10.6. The zero-order valence-corrected chi connectivity index (χ0v) is 10.4. The minimum Gasteiger partial charge on any atom is -0.493 e. The average molecular weight is 247 g/mol. The van der Waals surface area contributed by atoms with Crippen molar-refractivity contribution in [1.82, 2.24) is 0 Å². The summed E-state index contributed by atoms with van der Waals surface area (Å²) in [5.74, 6) is 1.39. The molecule has 1 aromatic rings. The van der Waals surface area contributed by atoms with Crippen molar-refractivity contribution in [2.24, 2.45) is 0 Å². The minimum atomic E-state index is 0.0178. The van der Waals surface area contributed by atoms with Crippen molar-refractivity contribution in [3.05, 3.63) is 23.3 Å². The number of ether oxygens (including phenoxy) is 3. The number of carbonyl (C=O) groups excluding carboxylic acids is 1. The van der Waals surface area contributed by atoms with E-state index in [1.165, 1.54) is 27.4 Å². The summed E-state index contributed by atoms with van der Waals surface area (Å²) in [6.07, 6.45) is 1.93. The molecular weight excluding hydrogens is 234 g/mol. The Morgan fingerprint density at radius 1 is 1.17 bits per heavy atom. The number of nitrogens with zero attached hydrogens (tertiary/aromatic N) is 1. The van der Waals surface area contributed by atoms with E-state index >= 15 is 0 Å². The lowest BCUT2D eigenvalue weighted by Crippen LogP contribution is -1.95. The molecule has 0 bridgehead atoms. The van der Waals surface area contributed by atoms with Gasteiger partial charge in [-0.15, -0.1) is 0 Å². The standard InChI is InChI=1S/C13H13NO4/c1-16-11-5-9(4-10(7-14)8-15)6-12(17-2)13(11)18-3/h4-6,8H,1-3H3/b10-4+. The van der Waals surface area contributed by atoms with E-state index in [1.54, 1.807) is 18.2 Å². The van der Waals surface area contributed by atoms with Gasteiger partial charge in [0, 0.05) is 0 Å². The summed E-state index contributed by atoms with van der Waals surface area (Å²) >= 11 is 0. The highest BCUT2D eigenvalue weighted by Crippen LogP contribution is 2.38. The monoisotopic (exact) mass is 247 g/mol. The van der Waals surface area contributed by atoms with Gasteiger partial charge in [-0.2, -0.15) is 5.26 Å². The predicted molar refractivity (Wildman–Crippen MR) is 65.8 cm³/mol. The summed E-state index contributed by atoms with van der Waals surface area (Å²) in [5.41, 5.74) is 0.637. The molecule has 5 heteroatoms. The van der Waals surface area contributed by atoms with Crippen molar-refractivity contribution in [2.75, 3.05) is 21.3 Å². The van der Waals surface area contributed by atoms with Crippen molar-refractivity contribution < 1.29 is 19.0 Å². The highest BCUT2D eigenvalue weighted by molar-refractivity contribution is 5.87. The third kappa shape index (κ3) is 2.80. The Hall–Kier alpha value is -2.48. The lowest BCUT2D eigenvalue weighted by molar-refractivity contribution is -0.104. The summed E-state index contributed by atoms with van der Waals surface area (Å²) in [7, 11) is 4.49. The van der Waals surface area contributed by atoms with Gasteiger partial charge < -0.3 is 14.2 Å². The molecule has 1 rings (SSSR count). The fraction of sp³-hybridized carbons (Fsp3) is 0.231. The maximum Gasteiger partial charge on any atom is 0.203 e. The van der Waals surface area contributed by atoms with Gasteiger partial charge in [-0.25, -0.2) is 0 Å². The van der Waals surface area contributed by atoms with Crippen LogP contribution in [0.4, 0.5) is 0 Å². The van der Waals surface area contributed by atoms with Crippen molar-refractivity contribution in [1.29, 1.82) is 5.26 Å². The van der Waals surface area contributed by atoms with Gasteiger partial charge in [0.2, 0.25) is 5.75 Å². The van der Waals surface area contributed by atoms with Crippen molar-refractivity contribution in [3.8, 4) is 23.3 Å². The molecule has 5 nitrogen and oxygen atoms in total. The molecule has 0 aliphatic carbocycles. The Balaban J connectivity index is 3.37. The lowest BCUT2D eigenvalue weighted by Gasteiger charge is -2.12. The van der Waals surface area contributed by atoms with Crippen molar-refractivity contribution >= 4 is 12.4 Å². The quantitative estimate of drug-likeness (QED) is 0.451. The molecule has 0 heterocycles. The van der Waals surface area contributed by atoms with Crippen LogP contribution < -0.4 is 14.2 Å². The van der Waals surface area contributed by atoms with E-state index in [0.717, 1.165) is 0 Å². The lowest BCUT2D eigenvalue weighted by atomic mass is 10.1. The number of aldehydes is 1. The molecule has 0 saturated heterocycles. The van der Waals surface area contributed by atoms with Gasteiger partial charge in [0.15, 0.2) is 17.8 Å². The van der Waals surface area contributed by atoms with E-state index in [1.807, 2.05) is 0 Å². The van der Waals surface area contributed by atoms with Crippen LogP contribution in [0.2, 0.25) is 0 Å². The van der Waals surface area contributed by atoms with Gasteiger partial charge >= 0.3 is 0 Å². The normalized spacial score (nSPS) is 10.4. The molecule has 0 fully saturated rings. The molecule has 0 aliphatic rings. The first-order valence-corrected chi connectivity index (χ1v) is 5.07. The number of nitriles is 1. The summed E-state index contributed by atoms with van der Waals surface area (Å²) in [5, 5.41) is 8.70. The minimum absolute atomic E-state index is 0.0178. The second-order valence-electron chi connectivity index (χ2n) is 3.29. The van der Waals surface area contributed by atoms with E-state index in [4.69, 9.17) is 19.5 Å². The van der Waals surface area contributed by atoms with Gasteiger partial charge in [-0.1, -0.05) is 0 Å². The van der Waals surface area contributed by atoms with Crippen LogP contribution in [0.1, 0.15) is 5.56 Å². The summed E-state index contributed by atoms with van der Waals surface area (Å²) < 4.78 is 15.5. The van der Waals surface area contributed by atoms with Crippen LogP contribution in [0.3, 0.4) is 0 Å². The van der Waals surface area contributed by atoms with Gasteiger partial charge in [0.05, 0.1) is 26.9 Å². The van der Waals surface area contributed by atoms with Crippen LogP contribution in [0.15, 0.2) is 17.7 Å². The number of hydrogen-bond acceptors (Lipinski definition) is 5.